The predicted octanol–water partition coefficient (Wildman–Crippen LogP) is 6.56. The van der Waals surface area contributed by atoms with E-state index in [4.69, 9.17) is 9.84 Å². The zero-order valence-corrected chi connectivity index (χ0v) is 18.3. The molecule has 0 aliphatic rings. The molecule has 1 atom stereocenters. The number of hydrogen-bond acceptors (Lipinski definition) is 4. The molecule has 0 radical (unpaired) electrons. The Hall–Kier alpha value is -0.710. The number of carbonyl (C=O) groups is 2. The van der Waals surface area contributed by atoms with Gasteiger partial charge in [0, 0.05) is 0 Å². The van der Waals surface area contributed by atoms with E-state index in [2.05, 4.69) is 19.6 Å². The molecule has 0 aromatic heterocycles. The van der Waals surface area contributed by atoms with Gasteiger partial charge in [-0.25, -0.2) is 0 Å². The maximum Gasteiger partial charge on any atom is 0.319 e. The van der Waals surface area contributed by atoms with Crippen LogP contribution in [0.25, 0.3) is 0 Å². The zero-order chi connectivity index (χ0) is 20.2. The number of carboxylic acids is 1. The van der Waals surface area contributed by atoms with Gasteiger partial charge in [-0.2, -0.15) is 12.6 Å². The Bertz CT molecular complexity index is 360. The van der Waals surface area contributed by atoms with Gasteiger partial charge in [-0.3, -0.25) is 9.59 Å². The number of hydrogen-bond donors (Lipinski definition) is 2. The average molecular weight is 403 g/mol. The van der Waals surface area contributed by atoms with Crippen LogP contribution in [0.2, 0.25) is 0 Å². The van der Waals surface area contributed by atoms with Gasteiger partial charge in [0.1, 0.15) is 5.25 Å². The second-order valence-electron chi connectivity index (χ2n) is 7.58. The highest BCUT2D eigenvalue weighted by molar-refractivity contribution is 7.81. The van der Waals surface area contributed by atoms with Gasteiger partial charge in [0.2, 0.25) is 0 Å². The molecule has 1 N–H and O–H groups in total. The molecular weight excluding hydrogens is 360 g/mol. The van der Waals surface area contributed by atoms with Gasteiger partial charge in [0.15, 0.2) is 0 Å². The SMILES string of the molecule is CCCCCCCCCCCCCCCCCCOC(=O)C(S)CC(=O)O. The van der Waals surface area contributed by atoms with Gasteiger partial charge in [-0.1, -0.05) is 103 Å². The Morgan fingerprint density at radius 1 is 0.741 bits per heavy atom. The molecule has 0 spiro atoms. The summed E-state index contributed by atoms with van der Waals surface area (Å²) < 4.78 is 5.05. The number of carboxylic acid groups (broad SMARTS) is 1. The monoisotopic (exact) mass is 402 g/mol. The largest absolute Gasteiger partial charge is 0.481 e. The van der Waals surface area contributed by atoms with Crippen molar-refractivity contribution in [2.24, 2.45) is 0 Å². The summed E-state index contributed by atoms with van der Waals surface area (Å²) in [6.07, 6.45) is 20.6. The van der Waals surface area contributed by atoms with Gasteiger partial charge in [-0.05, 0) is 6.42 Å². The lowest BCUT2D eigenvalue weighted by molar-refractivity contribution is -0.147. The summed E-state index contributed by atoms with van der Waals surface area (Å²) in [4.78, 5) is 22.0. The molecule has 0 fully saturated rings. The number of aliphatic carboxylic acids is 1. The summed E-state index contributed by atoms with van der Waals surface area (Å²) >= 11 is 3.94. The van der Waals surface area contributed by atoms with Crippen molar-refractivity contribution in [3.63, 3.8) is 0 Å². The van der Waals surface area contributed by atoms with E-state index in [-0.39, 0.29) is 6.42 Å². The van der Waals surface area contributed by atoms with Crippen molar-refractivity contribution < 1.29 is 19.4 Å². The topological polar surface area (TPSA) is 63.6 Å². The maximum absolute atomic E-state index is 11.5. The summed E-state index contributed by atoms with van der Waals surface area (Å²) in [5, 5.41) is 7.74. The molecule has 0 saturated heterocycles. The van der Waals surface area contributed by atoms with E-state index in [1.165, 1.54) is 89.9 Å². The quantitative estimate of drug-likeness (QED) is 0.137. The van der Waals surface area contributed by atoms with Crippen LogP contribution in [-0.4, -0.2) is 28.9 Å². The number of esters is 1. The molecule has 27 heavy (non-hydrogen) atoms. The first-order valence-electron chi connectivity index (χ1n) is 11.1. The van der Waals surface area contributed by atoms with Gasteiger partial charge >= 0.3 is 11.9 Å². The van der Waals surface area contributed by atoms with Crippen LogP contribution in [0.1, 0.15) is 116 Å². The normalized spacial score (nSPS) is 12.1. The van der Waals surface area contributed by atoms with E-state index in [1.54, 1.807) is 0 Å². The third kappa shape index (κ3) is 19.8. The lowest BCUT2D eigenvalue weighted by Gasteiger charge is -2.08. The summed E-state index contributed by atoms with van der Waals surface area (Å²) in [7, 11) is 0. The zero-order valence-electron chi connectivity index (χ0n) is 17.4. The first-order chi connectivity index (χ1) is 13.1. The maximum atomic E-state index is 11.5. The fourth-order valence-electron chi connectivity index (χ4n) is 3.17. The van der Waals surface area contributed by atoms with Crippen LogP contribution in [0.4, 0.5) is 0 Å². The molecule has 0 rings (SSSR count). The van der Waals surface area contributed by atoms with Crippen molar-refractivity contribution >= 4 is 24.6 Å². The highest BCUT2D eigenvalue weighted by Crippen LogP contribution is 2.14. The number of ether oxygens (including phenoxy) is 1. The van der Waals surface area contributed by atoms with E-state index in [0.29, 0.717) is 6.61 Å². The molecule has 4 nitrogen and oxygen atoms in total. The van der Waals surface area contributed by atoms with Crippen LogP contribution in [0.5, 0.6) is 0 Å². The van der Waals surface area contributed by atoms with Crippen LogP contribution in [0.15, 0.2) is 0 Å². The van der Waals surface area contributed by atoms with Gasteiger partial charge in [-0.15, -0.1) is 0 Å². The van der Waals surface area contributed by atoms with Crippen molar-refractivity contribution in [1.29, 1.82) is 0 Å². The number of rotatable bonds is 20. The van der Waals surface area contributed by atoms with Crippen LogP contribution < -0.4 is 0 Å². The average Bonchev–Trinajstić information content (AvgIpc) is 2.63. The summed E-state index contributed by atoms with van der Waals surface area (Å²) in [5.41, 5.74) is 0. The van der Waals surface area contributed by atoms with E-state index in [1.807, 2.05) is 0 Å². The van der Waals surface area contributed by atoms with Crippen LogP contribution >= 0.6 is 12.6 Å². The van der Waals surface area contributed by atoms with Gasteiger partial charge in [0.05, 0.1) is 13.0 Å². The fourth-order valence-corrected chi connectivity index (χ4v) is 3.40. The Kier molecular flexibility index (Phi) is 19.5. The minimum absolute atomic E-state index is 0.291. The first-order valence-corrected chi connectivity index (χ1v) is 11.7. The van der Waals surface area contributed by atoms with Gasteiger partial charge < -0.3 is 9.84 Å². The summed E-state index contributed by atoms with van der Waals surface area (Å²) in [6.45, 7) is 2.63. The van der Waals surface area contributed by atoms with Crippen molar-refractivity contribution in [1.82, 2.24) is 0 Å². The summed E-state index contributed by atoms with van der Waals surface area (Å²) in [6, 6.07) is 0. The molecule has 0 bridgehead atoms. The predicted molar refractivity (Wildman–Crippen MR) is 116 cm³/mol. The Balaban J connectivity index is 3.19. The second kappa shape index (κ2) is 20.0. The molecule has 5 heteroatoms. The van der Waals surface area contributed by atoms with Gasteiger partial charge in [0.25, 0.3) is 0 Å². The van der Waals surface area contributed by atoms with E-state index in [0.717, 1.165) is 12.8 Å². The van der Waals surface area contributed by atoms with Crippen LogP contribution in [-0.2, 0) is 14.3 Å². The first kappa shape index (κ1) is 26.3. The van der Waals surface area contributed by atoms with Crippen molar-refractivity contribution in [3.8, 4) is 0 Å². The molecule has 0 saturated carbocycles. The summed E-state index contributed by atoms with van der Waals surface area (Å²) in [5.74, 6) is -1.56. The number of unbranched alkanes of at least 4 members (excludes halogenated alkanes) is 15. The standard InChI is InChI=1S/C22H42O4S/c1-2-3-4-5-6-7-8-9-10-11-12-13-14-15-16-17-18-26-22(25)20(27)19-21(23)24/h20,27H,2-19H2,1H3,(H,23,24). The van der Waals surface area contributed by atoms with Crippen LogP contribution in [0, 0.1) is 0 Å². The third-order valence-corrected chi connectivity index (χ3v) is 5.28. The Morgan fingerprint density at radius 2 is 1.11 bits per heavy atom. The molecule has 0 aromatic rings. The Morgan fingerprint density at radius 3 is 1.48 bits per heavy atom. The minimum atomic E-state index is -1.03. The second-order valence-corrected chi connectivity index (χ2v) is 8.21. The molecule has 0 aliphatic carbocycles. The Labute approximate surface area is 172 Å². The highest BCUT2D eigenvalue weighted by atomic mass is 32.1. The molecule has 160 valence electrons. The number of carbonyl (C=O) groups excluding carboxylic acids is 1. The molecule has 0 amide bonds. The minimum Gasteiger partial charge on any atom is -0.481 e. The number of thiol groups is 1. The molecule has 1 unspecified atom stereocenters. The van der Waals surface area contributed by atoms with E-state index >= 15 is 0 Å². The third-order valence-electron chi connectivity index (χ3n) is 4.88. The lowest BCUT2D eigenvalue weighted by atomic mass is 10.0. The molecular formula is C22H42O4S. The lowest BCUT2D eigenvalue weighted by Crippen LogP contribution is -2.21. The molecule has 0 aliphatic heterocycles. The molecule has 0 heterocycles. The van der Waals surface area contributed by atoms with Crippen molar-refractivity contribution in [2.75, 3.05) is 6.61 Å². The van der Waals surface area contributed by atoms with Crippen molar-refractivity contribution in [3.05, 3.63) is 0 Å². The highest BCUT2D eigenvalue weighted by Gasteiger charge is 2.18. The molecule has 0 aromatic carbocycles. The van der Waals surface area contributed by atoms with Crippen LogP contribution in [0.3, 0.4) is 0 Å². The smallest absolute Gasteiger partial charge is 0.319 e. The van der Waals surface area contributed by atoms with E-state index < -0.39 is 17.2 Å². The van der Waals surface area contributed by atoms with Crippen molar-refractivity contribution in [2.45, 2.75) is 121 Å². The fraction of sp³-hybridized carbons (Fsp3) is 0.909. The van der Waals surface area contributed by atoms with E-state index in [9.17, 15) is 9.59 Å².